The number of nitriles is 2. The summed E-state index contributed by atoms with van der Waals surface area (Å²) in [6, 6.07) is 3.93. The molecular weight excluding hydrogens is 192 g/mol. The first-order chi connectivity index (χ1) is 6.93. The van der Waals surface area contributed by atoms with Gasteiger partial charge < -0.3 is 10.6 Å². The van der Waals surface area contributed by atoms with Crippen LogP contribution in [0, 0.1) is 22.7 Å². The van der Waals surface area contributed by atoms with Gasteiger partial charge in [-0.1, -0.05) is 0 Å². The molecule has 0 atom stereocenters. The van der Waals surface area contributed by atoms with Crippen molar-refractivity contribution in [2.75, 3.05) is 13.1 Å². The van der Waals surface area contributed by atoms with Crippen LogP contribution in [-0.4, -0.2) is 29.4 Å². The Bertz CT molecular complexity index is 274. The zero-order valence-electron chi connectivity index (χ0n) is 9.16. The molecule has 0 aliphatic heterocycles. The summed E-state index contributed by atoms with van der Waals surface area (Å²) in [5.41, 5.74) is 4.71. The van der Waals surface area contributed by atoms with Crippen LogP contribution in [0.4, 0.5) is 0 Å². The summed E-state index contributed by atoms with van der Waals surface area (Å²) >= 11 is 0. The molecule has 0 aromatic carbocycles. The van der Waals surface area contributed by atoms with Crippen LogP contribution < -0.4 is 5.73 Å². The molecule has 2 N–H and O–H groups in total. The fraction of sp³-hybridized carbons (Fsp3) is 0.700. The minimum absolute atomic E-state index is 0.229. The van der Waals surface area contributed by atoms with E-state index in [0.29, 0.717) is 13.1 Å². The summed E-state index contributed by atoms with van der Waals surface area (Å²) in [6.45, 7) is 3.89. The van der Waals surface area contributed by atoms with Gasteiger partial charge in [0, 0.05) is 13.1 Å². The van der Waals surface area contributed by atoms with E-state index in [4.69, 9.17) is 16.3 Å². The highest BCUT2D eigenvalue weighted by Crippen LogP contribution is 2.05. The third-order valence-electron chi connectivity index (χ3n) is 1.83. The van der Waals surface area contributed by atoms with Crippen LogP contribution in [0.5, 0.6) is 0 Å². The zero-order valence-corrected chi connectivity index (χ0v) is 9.16. The first-order valence-electron chi connectivity index (χ1n) is 4.75. The predicted molar refractivity (Wildman–Crippen MR) is 55.3 cm³/mol. The Labute approximate surface area is 90.1 Å². The molecule has 0 spiro atoms. The molecule has 0 bridgehead atoms. The Hall–Kier alpha value is -1.59. The topological polar surface area (TPSA) is 93.9 Å². The fourth-order valence-corrected chi connectivity index (χ4v) is 1.09. The summed E-state index contributed by atoms with van der Waals surface area (Å²) in [5.74, 6) is -0.229. The molecule has 0 unspecified atom stereocenters. The normalized spacial score (nSPS) is 10.2. The maximum Gasteiger partial charge on any atom is 0.242 e. The maximum absolute atomic E-state index is 11.8. The van der Waals surface area contributed by atoms with Gasteiger partial charge in [-0.15, -0.1) is 0 Å². The molecule has 0 radical (unpaired) electrons. The monoisotopic (exact) mass is 208 g/mol. The molecule has 0 rings (SSSR count). The van der Waals surface area contributed by atoms with Gasteiger partial charge >= 0.3 is 0 Å². The van der Waals surface area contributed by atoms with Gasteiger partial charge in [-0.2, -0.15) is 10.5 Å². The third-order valence-corrected chi connectivity index (χ3v) is 1.83. The Balaban J connectivity index is 4.43. The molecule has 0 saturated heterocycles. The van der Waals surface area contributed by atoms with Crippen molar-refractivity contribution in [1.29, 1.82) is 10.5 Å². The molecule has 0 aliphatic rings. The zero-order chi connectivity index (χ0) is 11.9. The van der Waals surface area contributed by atoms with Gasteiger partial charge in [0.2, 0.25) is 5.91 Å². The van der Waals surface area contributed by atoms with E-state index in [0.717, 1.165) is 0 Å². The van der Waals surface area contributed by atoms with Gasteiger partial charge in [-0.3, -0.25) is 4.79 Å². The largest absolute Gasteiger partial charge is 0.339 e. The van der Waals surface area contributed by atoms with E-state index in [1.165, 1.54) is 4.90 Å². The number of hydrogen-bond acceptors (Lipinski definition) is 4. The number of carbonyl (C=O) groups excluding carboxylic acids is 1. The molecule has 0 fully saturated rings. The lowest BCUT2D eigenvalue weighted by Gasteiger charge is -2.28. The third kappa shape index (κ3) is 4.99. The van der Waals surface area contributed by atoms with Crippen LogP contribution in [0.15, 0.2) is 0 Å². The SMILES string of the molecule is CC(C)(N)C(=O)N(CCC#N)CCC#N. The van der Waals surface area contributed by atoms with Crippen LogP contribution in [0.3, 0.4) is 0 Å². The van der Waals surface area contributed by atoms with E-state index in [9.17, 15) is 4.79 Å². The second-order valence-electron chi connectivity index (χ2n) is 3.83. The summed E-state index contributed by atoms with van der Waals surface area (Å²) < 4.78 is 0. The maximum atomic E-state index is 11.8. The standard InChI is InChI=1S/C10H16N4O/c1-10(2,13)9(15)14(7-3-5-11)8-4-6-12/h3-4,7-8,13H2,1-2H3. The number of hydrogen-bond donors (Lipinski definition) is 1. The van der Waals surface area contributed by atoms with Crippen LogP contribution >= 0.6 is 0 Å². The Morgan fingerprint density at radius 3 is 1.93 bits per heavy atom. The molecule has 0 heterocycles. The lowest BCUT2D eigenvalue weighted by Crippen LogP contribution is -2.51. The minimum atomic E-state index is -0.953. The minimum Gasteiger partial charge on any atom is -0.339 e. The van der Waals surface area contributed by atoms with Gasteiger partial charge in [0.25, 0.3) is 0 Å². The molecule has 15 heavy (non-hydrogen) atoms. The highest BCUT2D eigenvalue weighted by molar-refractivity contribution is 5.85. The molecule has 0 saturated carbocycles. The van der Waals surface area contributed by atoms with E-state index in [2.05, 4.69) is 0 Å². The molecule has 5 heteroatoms. The second kappa shape index (κ2) is 6.00. The number of nitrogens with two attached hydrogens (primary N) is 1. The first-order valence-corrected chi connectivity index (χ1v) is 4.75. The van der Waals surface area contributed by atoms with Crippen molar-refractivity contribution in [3.63, 3.8) is 0 Å². The summed E-state index contributed by atoms with van der Waals surface area (Å²) in [4.78, 5) is 13.2. The second-order valence-corrected chi connectivity index (χ2v) is 3.83. The van der Waals surface area contributed by atoms with Crippen molar-refractivity contribution in [2.45, 2.75) is 32.2 Å². The quantitative estimate of drug-likeness (QED) is 0.706. The molecule has 5 nitrogen and oxygen atoms in total. The van der Waals surface area contributed by atoms with Crippen molar-refractivity contribution < 1.29 is 4.79 Å². The summed E-state index contributed by atoms with van der Waals surface area (Å²) in [5, 5.41) is 16.9. The molecule has 0 aromatic rings. The van der Waals surface area contributed by atoms with E-state index in [-0.39, 0.29) is 18.7 Å². The first kappa shape index (κ1) is 13.4. The fourth-order valence-electron chi connectivity index (χ4n) is 1.09. The lowest BCUT2D eigenvalue weighted by atomic mass is 10.1. The van der Waals surface area contributed by atoms with Crippen LogP contribution in [0.25, 0.3) is 0 Å². The van der Waals surface area contributed by atoms with Crippen molar-refractivity contribution in [1.82, 2.24) is 4.90 Å². The average molecular weight is 208 g/mol. The van der Waals surface area contributed by atoms with Crippen LogP contribution in [0.2, 0.25) is 0 Å². The van der Waals surface area contributed by atoms with Crippen LogP contribution in [0.1, 0.15) is 26.7 Å². The molecule has 0 aromatic heterocycles. The number of nitrogens with zero attached hydrogens (tertiary/aromatic N) is 3. The Kier molecular flexibility index (Phi) is 5.36. The van der Waals surface area contributed by atoms with Gasteiger partial charge in [-0.25, -0.2) is 0 Å². The summed E-state index contributed by atoms with van der Waals surface area (Å²) in [7, 11) is 0. The van der Waals surface area contributed by atoms with Crippen LogP contribution in [-0.2, 0) is 4.79 Å². The highest BCUT2D eigenvalue weighted by atomic mass is 16.2. The van der Waals surface area contributed by atoms with Crippen molar-refractivity contribution in [2.24, 2.45) is 5.73 Å². The van der Waals surface area contributed by atoms with Crippen molar-refractivity contribution >= 4 is 5.91 Å². The van der Waals surface area contributed by atoms with E-state index >= 15 is 0 Å². The van der Waals surface area contributed by atoms with Crippen molar-refractivity contribution in [3.05, 3.63) is 0 Å². The summed E-state index contributed by atoms with van der Waals surface area (Å²) in [6.07, 6.45) is 0.514. The Morgan fingerprint density at radius 2 is 1.67 bits per heavy atom. The average Bonchev–Trinajstić information content (AvgIpc) is 2.16. The van der Waals surface area contributed by atoms with Gasteiger partial charge in [-0.05, 0) is 13.8 Å². The number of rotatable bonds is 5. The smallest absolute Gasteiger partial charge is 0.242 e. The molecular formula is C10H16N4O. The number of carbonyl (C=O) groups is 1. The van der Waals surface area contributed by atoms with E-state index in [1.807, 2.05) is 12.1 Å². The molecule has 1 amide bonds. The number of amides is 1. The van der Waals surface area contributed by atoms with Gasteiger partial charge in [0.15, 0.2) is 0 Å². The highest BCUT2D eigenvalue weighted by Gasteiger charge is 2.27. The van der Waals surface area contributed by atoms with E-state index in [1.54, 1.807) is 13.8 Å². The Morgan fingerprint density at radius 1 is 1.27 bits per heavy atom. The predicted octanol–water partition coefficient (Wildman–Crippen LogP) is 0.380. The molecule has 82 valence electrons. The van der Waals surface area contributed by atoms with Crippen molar-refractivity contribution in [3.8, 4) is 12.1 Å². The van der Waals surface area contributed by atoms with Gasteiger partial charge in [0.05, 0.1) is 30.5 Å². The molecule has 0 aliphatic carbocycles. The van der Waals surface area contributed by atoms with E-state index < -0.39 is 5.54 Å². The van der Waals surface area contributed by atoms with Gasteiger partial charge in [0.1, 0.15) is 0 Å². The lowest BCUT2D eigenvalue weighted by molar-refractivity contribution is -0.135.